The number of nitrogens with one attached hydrogen (secondary N) is 1. The predicted octanol–water partition coefficient (Wildman–Crippen LogP) is 4.97. The average Bonchev–Trinajstić information content (AvgIpc) is 3.41. The fourth-order valence-electron chi connectivity index (χ4n) is 4.72. The molecular formula is C29H36N2O3S. The molecule has 0 bridgehead atoms. The topological polar surface area (TPSA) is 50.8 Å². The van der Waals surface area contributed by atoms with Gasteiger partial charge in [0.2, 0.25) is 0 Å². The highest BCUT2D eigenvalue weighted by Crippen LogP contribution is 2.37. The summed E-state index contributed by atoms with van der Waals surface area (Å²) in [5, 5.41) is 3.31. The number of amides is 1. The van der Waals surface area contributed by atoms with Gasteiger partial charge in [-0.05, 0) is 75.3 Å². The van der Waals surface area contributed by atoms with Gasteiger partial charge in [0.25, 0.3) is 5.91 Å². The molecule has 1 aliphatic carbocycles. The smallest absolute Gasteiger partial charge is 0.252 e. The minimum atomic E-state index is -0.692. The van der Waals surface area contributed by atoms with Crippen LogP contribution in [-0.2, 0) is 11.2 Å². The Hall–Kier alpha value is -2.54. The van der Waals surface area contributed by atoms with Gasteiger partial charge in [-0.3, -0.25) is 4.79 Å². The number of aryl methyl sites for hydroxylation is 2. The third-order valence-electron chi connectivity index (χ3n) is 6.64. The van der Waals surface area contributed by atoms with Crippen LogP contribution in [0, 0.1) is 6.92 Å². The van der Waals surface area contributed by atoms with Crippen molar-refractivity contribution in [3.8, 4) is 5.75 Å². The molecule has 5 nitrogen and oxygen atoms in total. The molecule has 2 aromatic rings. The monoisotopic (exact) mass is 492 g/mol. The highest BCUT2D eigenvalue weighted by molar-refractivity contribution is 8.00. The summed E-state index contributed by atoms with van der Waals surface area (Å²) in [7, 11) is 5.81. The summed E-state index contributed by atoms with van der Waals surface area (Å²) in [6, 6.07) is 14.1. The minimum Gasteiger partial charge on any atom is -0.496 e. The van der Waals surface area contributed by atoms with E-state index < -0.39 is 5.54 Å². The minimum absolute atomic E-state index is 0.110. The SMILES string of the molecule is COc1ccc(C(=O)NC2(C3OCCS3)C=CC(c3ccccc3C)C=C2)cc1CCCN(C)C. The number of thioether (sulfide) groups is 1. The van der Waals surface area contributed by atoms with E-state index in [9.17, 15) is 4.79 Å². The third-order valence-corrected chi connectivity index (χ3v) is 7.87. The molecule has 6 heteroatoms. The Bertz CT molecular complexity index is 1080. The summed E-state index contributed by atoms with van der Waals surface area (Å²) >= 11 is 1.74. The Morgan fingerprint density at radius 3 is 2.63 bits per heavy atom. The summed E-state index contributed by atoms with van der Waals surface area (Å²) in [5.41, 5.74) is 3.37. The lowest BCUT2D eigenvalue weighted by molar-refractivity contribution is 0.0782. The molecule has 1 saturated heterocycles. The van der Waals surface area contributed by atoms with Gasteiger partial charge in [-0.1, -0.05) is 48.6 Å². The molecule has 1 aliphatic heterocycles. The van der Waals surface area contributed by atoms with Crippen LogP contribution in [0.15, 0.2) is 66.8 Å². The molecule has 0 saturated carbocycles. The predicted molar refractivity (Wildman–Crippen MR) is 144 cm³/mol. The van der Waals surface area contributed by atoms with Crippen molar-refractivity contribution in [1.29, 1.82) is 0 Å². The molecule has 1 atom stereocenters. The lowest BCUT2D eigenvalue weighted by Crippen LogP contribution is -2.53. The molecule has 4 rings (SSSR count). The van der Waals surface area contributed by atoms with Crippen LogP contribution in [0.25, 0.3) is 0 Å². The van der Waals surface area contributed by atoms with Gasteiger partial charge >= 0.3 is 0 Å². The van der Waals surface area contributed by atoms with Crippen molar-refractivity contribution in [1.82, 2.24) is 10.2 Å². The van der Waals surface area contributed by atoms with Gasteiger partial charge < -0.3 is 19.7 Å². The number of carbonyl (C=O) groups is 1. The van der Waals surface area contributed by atoms with E-state index in [2.05, 4.69) is 79.8 Å². The fraction of sp³-hybridized carbons (Fsp3) is 0.414. The Kier molecular flexibility index (Phi) is 8.37. The van der Waals surface area contributed by atoms with E-state index in [1.54, 1.807) is 18.9 Å². The Labute approximate surface area is 213 Å². The maximum Gasteiger partial charge on any atom is 0.252 e. The number of allylic oxidation sites excluding steroid dienone is 2. The van der Waals surface area contributed by atoms with Crippen molar-refractivity contribution in [2.45, 2.75) is 36.7 Å². The molecule has 0 radical (unpaired) electrons. The highest BCUT2D eigenvalue weighted by atomic mass is 32.2. The Balaban J connectivity index is 1.56. The molecule has 1 fully saturated rings. The number of hydrogen-bond donors (Lipinski definition) is 1. The molecular weight excluding hydrogens is 456 g/mol. The average molecular weight is 493 g/mol. The molecule has 35 heavy (non-hydrogen) atoms. The van der Waals surface area contributed by atoms with Crippen molar-refractivity contribution in [2.24, 2.45) is 0 Å². The number of nitrogens with zero attached hydrogens (tertiary/aromatic N) is 1. The number of hydrogen-bond acceptors (Lipinski definition) is 5. The number of rotatable bonds is 9. The summed E-state index contributed by atoms with van der Waals surface area (Å²) in [6.07, 6.45) is 10.5. The lowest BCUT2D eigenvalue weighted by atomic mass is 9.84. The van der Waals surface area contributed by atoms with Gasteiger partial charge in [0, 0.05) is 17.2 Å². The van der Waals surface area contributed by atoms with Crippen molar-refractivity contribution in [3.63, 3.8) is 0 Å². The first kappa shape index (κ1) is 25.5. The van der Waals surface area contributed by atoms with E-state index in [-0.39, 0.29) is 17.3 Å². The molecule has 186 valence electrons. The molecule has 1 amide bonds. The fourth-order valence-corrected chi connectivity index (χ4v) is 5.81. The van der Waals surface area contributed by atoms with Crippen molar-refractivity contribution < 1.29 is 14.3 Å². The van der Waals surface area contributed by atoms with Crippen LogP contribution in [0.1, 0.15) is 39.4 Å². The van der Waals surface area contributed by atoms with Gasteiger partial charge in [0.15, 0.2) is 0 Å². The highest BCUT2D eigenvalue weighted by Gasteiger charge is 2.41. The third kappa shape index (κ3) is 6.00. The maximum absolute atomic E-state index is 13.5. The molecule has 0 aromatic heterocycles. The maximum atomic E-state index is 13.5. The van der Waals surface area contributed by atoms with Crippen LogP contribution in [0.3, 0.4) is 0 Å². The molecule has 1 N–H and O–H groups in total. The van der Waals surface area contributed by atoms with Gasteiger partial charge in [-0.25, -0.2) is 0 Å². The second-order valence-electron chi connectivity index (χ2n) is 9.49. The summed E-state index contributed by atoms with van der Waals surface area (Å²) in [4.78, 5) is 15.7. The second kappa shape index (κ2) is 11.5. The number of methoxy groups -OCH3 is 1. The van der Waals surface area contributed by atoms with Crippen molar-refractivity contribution >= 4 is 17.7 Å². The van der Waals surface area contributed by atoms with E-state index >= 15 is 0 Å². The summed E-state index contributed by atoms with van der Waals surface area (Å²) in [6.45, 7) is 3.81. The first-order valence-corrected chi connectivity index (χ1v) is 13.3. The van der Waals surface area contributed by atoms with Crippen LogP contribution in [-0.4, -0.2) is 61.9 Å². The van der Waals surface area contributed by atoms with Crippen LogP contribution < -0.4 is 10.1 Å². The van der Waals surface area contributed by atoms with Crippen LogP contribution in [0.2, 0.25) is 0 Å². The zero-order valence-electron chi connectivity index (χ0n) is 21.1. The van der Waals surface area contributed by atoms with Gasteiger partial charge in [0.1, 0.15) is 16.7 Å². The van der Waals surface area contributed by atoms with Crippen LogP contribution in [0.5, 0.6) is 5.75 Å². The molecule has 1 heterocycles. The first-order valence-electron chi connectivity index (χ1n) is 12.2. The molecule has 2 aromatic carbocycles. The second-order valence-corrected chi connectivity index (χ2v) is 10.7. The van der Waals surface area contributed by atoms with Crippen molar-refractivity contribution in [2.75, 3.05) is 40.1 Å². The number of carbonyl (C=O) groups excluding carboxylic acids is 1. The lowest BCUT2D eigenvalue weighted by Gasteiger charge is -2.36. The zero-order chi connectivity index (χ0) is 24.8. The van der Waals surface area contributed by atoms with E-state index in [0.29, 0.717) is 12.2 Å². The summed E-state index contributed by atoms with van der Waals surface area (Å²) < 4.78 is 11.6. The standard InChI is InChI=1S/C29H36N2O3S/c1-21-8-5-6-10-25(21)22-13-15-29(16-14-22,28-34-18-19-35-28)30-27(32)24-11-12-26(33-4)23(20-24)9-7-17-31(2)3/h5-6,8,10-16,20,22,28H,7,9,17-19H2,1-4H3,(H,30,32). The first-order chi connectivity index (χ1) is 16.9. The zero-order valence-corrected chi connectivity index (χ0v) is 21.9. The van der Waals surface area contributed by atoms with E-state index in [0.717, 1.165) is 36.5 Å². The van der Waals surface area contributed by atoms with Crippen LogP contribution >= 0.6 is 11.8 Å². The molecule has 1 unspecified atom stereocenters. The van der Waals surface area contributed by atoms with Crippen molar-refractivity contribution in [3.05, 3.63) is 89.0 Å². The normalized spacial score (nSPS) is 23.6. The molecule has 0 spiro atoms. The number of ether oxygens (including phenoxy) is 2. The largest absolute Gasteiger partial charge is 0.496 e. The van der Waals surface area contributed by atoms with E-state index in [4.69, 9.17) is 9.47 Å². The van der Waals surface area contributed by atoms with E-state index in [1.807, 2.05) is 18.2 Å². The van der Waals surface area contributed by atoms with E-state index in [1.165, 1.54) is 11.1 Å². The molecule has 2 aliphatic rings. The Morgan fingerprint density at radius 1 is 1.20 bits per heavy atom. The summed E-state index contributed by atoms with van der Waals surface area (Å²) in [5.74, 6) is 1.81. The Morgan fingerprint density at radius 2 is 1.97 bits per heavy atom. The van der Waals surface area contributed by atoms with Gasteiger partial charge in [0.05, 0.1) is 13.7 Å². The number of benzene rings is 2. The quantitative estimate of drug-likeness (QED) is 0.501. The van der Waals surface area contributed by atoms with Gasteiger partial charge in [-0.2, -0.15) is 0 Å². The van der Waals surface area contributed by atoms with Gasteiger partial charge in [-0.15, -0.1) is 11.8 Å². The van der Waals surface area contributed by atoms with Crippen LogP contribution in [0.4, 0.5) is 0 Å².